The van der Waals surface area contributed by atoms with Crippen LogP contribution in [0.15, 0.2) is 70.3 Å². The summed E-state index contributed by atoms with van der Waals surface area (Å²) < 4.78 is 40.2. The third kappa shape index (κ3) is 4.04. The Morgan fingerprint density at radius 2 is 1.68 bits per heavy atom. The highest BCUT2D eigenvalue weighted by Crippen LogP contribution is 2.23. The monoisotopic (exact) mass is 376 g/mol. The van der Waals surface area contributed by atoms with Crippen LogP contribution < -0.4 is 10.0 Å². The normalized spacial score (nSPS) is 11.1. The smallest absolute Gasteiger partial charge is 0.271 e. The van der Waals surface area contributed by atoms with Crippen molar-refractivity contribution >= 4 is 38.6 Å². The lowest BCUT2D eigenvalue weighted by molar-refractivity contribution is 0.102. The summed E-state index contributed by atoms with van der Waals surface area (Å²) >= 11 is 1.08. The molecule has 2 N–H and O–H groups in total. The van der Waals surface area contributed by atoms with Crippen LogP contribution in [0.1, 0.15) is 10.4 Å². The topological polar surface area (TPSA) is 75.3 Å². The highest BCUT2D eigenvalue weighted by molar-refractivity contribution is 7.94. The number of benzene rings is 2. The van der Waals surface area contributed by atoms with Crippen molar-refractivity contribution < 1.29 is 17.6 Å². The van der Waals surface area contributed by atoms with Crippen molar-refractivity contribution in [2.45, 2.75) is 4.21 Å². The van der Waals surface area contributed by atoms with Gasteiger partial charge in [-0.1, -0.05) is 18.2 Å². The second kappa shape index (κ2) is 7.04. The number of carbonyl (C=O) groups is 1. The molecule has 0 aliphatic rings. The standard InChI is InChI=1S/C17H13FN2O3S2/c18-12-7-9-13(10-8-12)19-17(21)14-4-1-2-5-15(14)20-25(22,23)16-6-3-11-24-16/h1-11,20H,(H,19,21). The number of thiophene rings is 1. The van der Waals surface area contributed by atoms with Crippen LogP contribution in [0.2, 0.25) is 0 Å². The molecule has 0 aliphatic heterocycles. The SMILES string of the molecule is O=C(Nc1ccc(F)cc1)c1ccccc1NS(=O)(=O)c1cccs1. The Morgan fingerprint density at radius 1 is 0.960 bits per heavy atom. The molecule has 3 rings (SSSR count). The minimum atomic E-state index is -3.77. The minimum absolute atomic E-state index is 0.154. The average Bonchev–Trinajstić information content (AvgIpc) is 3.12. The minimum Gasteiger partial charge on any atom is -0.322 e. The third-order valence-electron chi connectivity index (χ3n) is 3.28. The van der Waals surface area contributed by atoms with E-state index >= 15 is 0 Å². The molecule has 0 fully saturated rings. The summed E-state index contributed by atoms with van der Waals surface area (Å²) in [5, 5.41) is 4.26. The van der Waals surface area contributed by atoms with E-state index in [0.717, 1.165) is 11.3 Å². The predicted octanol–water partition coefficient (Wildman–Crippen LogP) is 3.94. The lowest BCUT2D eigenvalue weighted by atomic mass is 10.1. The second-order valence-electron chi connectivity index (χ2n) is 5.04. The number of rotatable bonds is 5. The highest BCUT2D eigenvalue weighted by atomic mass is 32.2. The van der Waals surface area contributed by atoms with E-state index < -0.39 is 21.7 Å². The molecule has 0 saturated heterocycles. The predicted molar refractivity (Wildman–Crippen MR) is 95.9 cm³/mol. The number of carbonyl (C=O) groups excluding carboxylic acids is 1. The summed E-state index contributed by atoms with van der Waals surface area (Å²) in [6.07, 6.45) is 0. The van der Waals surface area contributed by atoms with Gasteiger partial charge in [0.15, 0.2) is 0 Å². The van der Waals surface area contributed by atoms with Crippen LogP contribution in [-0.4, -0.2) is 14.3 Å². The Morgan fingerprint density at radius 3 is 2.36 bits per heavy atom. The molecule has 0 atom stereocenters. The van der Waals surface area contributed by atoms with Crippen LogP contribution in [0.5, 0.6) is 0 Å². The highest BCUT2D eigenvalue weighted by Gasteiger charge is 2.19. The van der Waals surface area contributed by atoms with E-state index in [1.54, 1.807) is 23.6 Å². The van der Waals surface area contributed by atoms with Gasteiger partial charge in [-0.25, -0.2) is 12.8 Å². The molecule has 1 amide bonds. The molecule has 25 heavy (non-hydrogen) atoms. The van der Waals surface area contributed by atoms with Gasteiger partial charge in [0.2, 0.25) is 0 Å². The molecule has 2 aromatic carbocycles. The van der Waals surface area contributed by atoms with E-state index in [1.807, 2.05) is 0 Å². The lowest BCUT2D eigenvalue weighted by Gasteiger charge is -2.12. The number of anilines is 2. The van der Waals surface area contributed by atoms with Crippen LogP contribution in [0, 0.1) is 5.82 Å². The molecule has 0 spiro atoms. The number of halogens is 1. The summed E-state index contributed by atoms with van der Waals surface area (Å²) in [7, 11) is -3.77. The van der Waals surface area contributed by atoms with Gasteiger partial charge in [0.05, 0.1) is 11.3 Å². The second-order valence-corrected chi connectivity index (χ2v) is 7.90. The van der Waals surface area contributed by atoms with Gasteiger partial charge in [-0.2, -0.15) is 0 Å². The summed E-state index contributed by atoms with van der Waals surface area (Å²) in [5.41, 5.74) is 0.727. The maximum atomic E-state index is 12.9. The fraction of sp³-hybridized carbons (Fsp3) is 0. The van der Waals surface area contributed by atoms with E-state index in [9.17, 15) is 17.6 Å². The van der Waals surface area contributed by atoms with E-state index in [4.69, 9.17) is 0 Å². The Kier molecular flexibility index (Phi) is 4.82. The maximum absolute atomic E-state index is 12.9. The molecular formula is C17H13FN2O3S2. The number of para-hydroxylation sites is 1. The van der Waals surface area contributed by atoms with Gasteiger partial charge >= 0.3 is 0 Å². The van der Waals surface area contributed by atoms with Crippen molar-refractivity contribution in [1.82, 2.24) is 0 Å². The zero-order valence-electron chi connectivity index (χ0n) is 12.8. The first kappa shape index (κ1) is 17.1. The molecule has 8 heteroatoms. The number of hydrogen-bond donors (Lipinski definition) is 2. The Balaban J connectivity index is 1.85. The van der Waals surface area contributed by atoms with E-state index in [-0.39, 0.29) is 15.5 Å². The molecule has 1 heterocycles. The lowest BCUT2D eigenvalue weighted by Crippen LogP contribution is -2.18. The summed E-state index contributed by atoms with van der Waals surface area (Å²) in [6.45, 7) is 0. The van der Waals surface area contributed by atoms with Crippen LogP contribution in [0.4, 0.5) is 15.8 Å². The molecule has 5 nitrogen and oxygen atoms in total. The first-order chi connectivity index (χ1) is 12.0. The molecule has 1 aromatic heterocycles. The number of nitrogens with one attached hydrogen (secondary N) is 2. The van der Waals surface area contributed by atoms with Crippen molar-refractivity contribution in [3.05, 3.63) is 77.4 Å². The van der Waals surface area contributed by atoms with Gasteiger partial charge in [-0.05, 0) is 47.8 Å². The number of sulfonamides is 1. The van der Waals surface area contributed by atoms with Crippen LogP contribution in [0.25, 0.3) is 0 Å². The van der Waals surface area contributed by atoms with Gasteiger partial charge < -0.3 is 5.32 Å². The Labute approximate surface area is 148 Å². The molecular weight excluding hydrogens is 363 g/mol. The molecule has 0 bridgehead atoms. The molecule has 0 saturated carbocycles. The van der Waals surface area contributed by atoms with Crippen molar-refractivity contribution in [2.75, 3.05) is 10.0 Å². The third-order valence-corrected chi connectivity index (χ3v) is 6.04. The average molecular weight is 376 g/mol. The zero-order valence-corrected chi connectivity index (χ0v) is 14.4. The van der Waals surface area contributed by atoms with Gasteiger partial charge in [-0.15, -0.1) is 11.3 Å². The Hall–Kier alpha value is -2.71. The summed E-state index contributed by atoms with van der Waals surface area (Å²) in [5.74, 6) is -0.918. The van der Waals surface area contributed by atoms with Crippen molar-refractivity contribution in [1.29, 1.82) is 0 Å². The largest absolute Gasteiger partial charge is 0.322 e. The van der Waals surface area contributed by atoms with E-state index in [2.05, 4.69) is 10.0 Å². The van der Waals surface area contributed by atoms with Crippen LogP contribution >= 0.6 is 11.3 Å². The van der Waals surface area contributed by atoms with Gasteiger partial charge in [-0.3, -0.25) is 9.52 Å². The van der Waals surface area contributed by atoms with E-state index in [0.29, 0.717) is 5.69 Å². The Bertz CT molecular complexity index is 985. The fourth-order valence-corrected chi connectivity index (χ4v) is 4.19. The van der Waals surface area contributed by atoms with Crippen LogP contribution in [0.3, 0.4) is 0 Å². The summed E-state index contributed by atoms with van der Waals surface area (Å²) in [4.78, 5) is 12.5. The van der Waals surface area contributed by atoms with Gasteiger partial charge in [0, 0.05) is 5.69 Å². The van der Waals surface area contributed by atoms with Crippen LogP contribution in [-0.2, 0) is 10.0 Å². The molecule has 0 radical (unpaired) electrons. The zero-order chi connectivity index (χ0) is 17.9. The van der Waals surface area contributed by atoms with Crippen molar-refractivity contribution in [3.63, 3.8) is 0 Å². The van der Waals surface area contributed by atoms with Gasteiger partial charge in [0.25, 0.3) is 15.9 Å². The maximum Gasteiger partial charge on any atom is 0.271 e. The van der Waals surface area contributed by atoms with E-state index in [1.165, 1.54) is 42.5 Å². The van der Waals surface area contributed by atoms with Crippen molar-refractivity contribution in [2.24, 2.45) is 0 Å². The quantitative estimate of drug-likeness (QED) is 0.708. The molecule has 0 aliphatic carbocycles. The first-order valence-corrected chi connectivity index (χ1v) is 9.54. The molecule has 128 valence electrons. The van der Waals surface area contributed by atoms with Crippen molar-refractivity contribution in [3.8, 4) is 0 Å². The molecule has 3 aromatic rings. The first-order valence-electron chi connectivity index (χ1n) is 7.18. The number of hydrogen-bond acceptors (Lipinski definition) is 4. The fourth-order valence-electron chi connectivity index (χ4n) is 2.11. The van der Waals surface area contributed by atoms with Gasteiger partial charge in [0.1, 0.15) is 10.0 Å². The summed E-state index contributed by atoms with van der Waals surface area (Å²) in [6, 6.07) is 14.7. The molecule has 0 unspecified atom stereocenters. The number of amides is 1.